The summed E-state index contributed by atoms with van der Waals surface area (Å²) in [5.74, 6) is -1.15. The van der Waals surface area contributed by atoms with Gasteiger partial charge in [-0.3, -0.25) is 0 Å². The first-order valence-corrected chi connectivity index (χ1v) is 7.04. The summed E-state index contributed by atoms with van der Waals surface area (Å²) in [6.07, 6.45) is 5.55. The third-order valence-corrected chi connectivity index (χ3v) is 2.50. The van der Waals surface area contributed by atoms with Crippen LogP contribution in [0.15, 0.2) is 12.2 Å². The highest BCUT2D eigenvalue weighted by atomic mass is 16.5. The molecule has 21 heavy (non-hydrogen) atoms. The maximum atomic E-state index is 11.2. The van der Waals surface area contributed by atoms with Crippen LogP contribution in [0.5, 0.6) is 0 Å². The van der Waals surface area contributed by atoms with E-state index in [9.17, 15) is 14.4 Å². The highest BCUT2D eigenvalue weighted by Gasteiger charge is 2.00. The second-order valence-electron chi connectivity index (χ2n) is 4.22. The first-order valence-electron chi connectivity index (χ1n) is 7.04. The highest BCUT2D eigenvalue weighted by molar-refractivity contribution is 5.91. The lowest BCUT2D eigenvalue weighted by Crippen LogP contribution is -2.35. The summed E-state index contributed by atoms with van der Waals surface area (Å²) in [5, 5.41) is 5.38. The number of nitrogens with one attached hydrogen (secondary N) is 2. The van der Waals surface area contributed by atoms with Crippen LogP contribution in [0.4, 0.5) is 4.79 Å². The lowest BCUT2D eigenvalue weighted by Gasteiger charge is -2.05. The summed E-state index contributed by atoms with van der Waals surface area (Å²) < 4.78 is 9.25. The molecule has 2 amide bonds. The molecule has 0 spiro atoms. The maximum absolute atomic E-state index is 11.2. The normalized spacial score (nSPS) is 10.2. The summed E-state index contributed by atoms with van der Waals surface area (Å²) in [6.45, 7) is 3.42. The van der Waals surface area contributed by atoms with Crippen LogP contribution in [0.1, 0.15) is 32.6 Å². The molecule has 0 bridgehead atoms. The van der Waals surface area contributed by atoms with Gasteiger partial charge in [-0.2, -0.15) is 0 Å². The summed E-state index contributed by atoms with van der Waals surface area (Å²) in [6, 6.07) is -0.149. The molecule has 7 nitrogen and oxygen atoms in total. The second kappa shape index (κ2) is 13.0. The Bertz CT molecular complexity index is 355. The highest BCUT2D eigenvalue weighted by Crippen LogP contribution is 1.99. The van der Waals surface area contributed by atoms with Crippen LogP contribution >= 0.6 is 0 Å². The van der Waals surface area contributed by atoms with Crippen molar-refractivity contribution in [3.63, 3.8) is 0 Å². The number of ether oxygens (including phenoxy) is 2. The minimum absolute atomic E-state index is 0.149. The molecular weight excluding hydrogens is 276 g/mol. The van der Waals surface area contributed by atoms with Crippen molar-refractivity contribution in [3.8, 4) is 0 Å². The standard InChI is InChI=1S/C14H24N2O5/c1-3-15-14(19)16-10-6-4-5-7-11-21-13(18)9-8-12(17)20-2/h8-9H,3-7,10-11H2,1-2H3,(H2,15,16,19)/b9-8+. The Morgan fingerprint density at radius 2 is 1.62 bits per heavy atom. The molecule has 7 heteroatoms. The molecule has 0 fully saturated rings. The van der Waals surface area contributed by atoms with E-state index in [0.717, 1.165) is 37.8 Å². The molecule has 0 saturated heterocycles. The fourth-order valence-electron chi connectivity index (χ4n) is 1.43. The number of carbonyl (C=O) groups is 3. The third-order valence-electron chi connectivity index (χ3n) is 2.50. The molecule has 0 saturated carbocycles. The van der Waals surface area contributed by atoms with Crippen molar-refractivity contribution in [1.29, 1.82) is 0 Å². The Morgan fingerprint density at radius 1 is 0.952 bits per heavy atom. The van der Waals surface area contributed by atoms with Crippen molar-refractivity contribution in [2.45, 2.75) is 32.6 Å². The number of urea groups is 1. The Hall–Kier alpha value is -2.05. The SMILES string of the molecule is CCNC(=O)NCCCCCCOC(=O)/C=C/C(=O)OC. The fourth-order valence-corrected chi connectivity index (χ4v) is 1.43. The predicted octanol–water partition coefficient (Wildman–Crippen LogP) is 1.14. The molecule has 0 rings (SSSR count). The number of hydrogen-bond acceptors (Lipinski definition) is 5. The molecule has 0 aliphatic carbocycles. The number of methoxy groups -OCH3 is 1. The molecule has 0 aliphatic rings. The van der Waals surface area contributed by atoms with Crippen LogP contribution in [0.25, 0.3) is 0 Å². The monoisotopic (exact) mass is 300 g/mol. The van der Waals surface area contributed by atoms with Crippen molar-refractivity contribution in [1.82, 2.24) is 10.6 Å². The minimum atomic E-state index is -0.591. The number of unbranched alkanes of at least 4 members (excludes halogenated alkanes) is 3. The van der Waals surface area contributed by atoms with E-state index in [1.54, 1.807) is 0 Å². The van der Waals surface area contributed by atoms with Crippen LogP contribution in [-0.2, 0) is 19.1 Å². The van der Waals surface area contributed by atoms with E-state index in [0.29, 0.717) is 19.7 Å². The van der Waals surface area contributed by atoms with Crippen LogP contribution in [0.3, 0.4) is 0 Å². The van der Waals surface area contributed by atoms with Crippen LogP contribution in [-0.4, -0.2) is 44.8 Å². The van der Waals surface area contributed by atoms with E-state index in [2.05, 4.69) is 15.4 Å². The molecule has 0 atom stereocenters. The third kappa shape index (κ3) is 12.7. The van der Waals surface area contributed by atoms with Crippen molar-refractivity contribution in [2.75, 3.05) is 26.8 Å². The lowest BCUT2D eigenvalue weighted by atomic mass is 10.2. The number of amides is 2. The summed E-state index contributed by atoms with van der Waals surface area (Å²) in [5.41, 5.74) is 0. The molecule has 0 radical (unpaired) electrons. The lowest BCUT2D eigenvalue weighted by molar-refractivity contribution is -0.139. The first kappa shape index (κ1) is 18.9. The minimum Gasteiger partial charge on any atom is -0.466 e. The average Bonchev–Trinajstić information content (AvgIpc) is 2.47. The van der Waals surface area contributed by atoms with Crippen molar-refractivity contribution in [2.24, 2.45) is 0 Å². The van der Waals surface area contributed by atoms with E-state index in [4.69, 9.17) is 4.74 Å². The van der Waals surface area contributed by atoms with Gasteiger partial charge in [0, 0.05) is 25.2 Å². The summed E-state index contributed by atoms with van der Waals surface area (Å²) in [4.78, 5) is 33.0. The van der Waals surface area contributed by atoms with Gasteiger partial charge in [0.1, 0.15) is 0 Å². The molecule has 0 aliphatic heterocycles. The largest absolute Gasteiger partial charge is 0.466 e. The first-order chi connectivity index (χ1) is 10.1. The molecule has 0 aromatic carbocycles. The topological polar surface area (TPSA) is 93.7 Å². The zero-order valence-corrected chi connectivity index (χ0v) is 12.6. The summed E-state index contributed by atoms with van der Waals surface area (Å²) in [7, 11) is 1.23. The van der Waals surface area contributed by atoms with Gasteiger partial charge in [0.2, 0.25) is 0 Å². The molecule has 0 heterocycles. The number of esters is 2. The number of carbonyl (C=O) groups excluding carboxylic acids is 3. The van der Waals surface area contributed by atoms with Gasteiger partial charge in [-0.1, -0.05) is 6.42 Å². The quantitative estimate of drug-likeness (QED) is 0.358. The number of hydrogen-bond donors (Lipinski definition) is 2. The predicted molar refractivity (Wildman–Crippen MR) is 77.7 cm³/mol. The number of rotatable bonds is 10. The average molecular weight is 300 g/mol. The fraction of sp³-hybridized carbons (Fsp3) is 0.643. The van der Waals surface area contributed by atoms with Crippen LogP contribution in [0, 0.1) is 0 Å². The Morgan fingerprint density at radius 3 is 2.29 bits per heavy atom. The molecule has 0 aromatic heterocycles. The van der Waals surface area contributed by atoms with Gasteiger partial charge in [0.05, 0.1) is 13.7 Å². The van der Waals surface area contributed by atoms with E-state index >= 15 is 0 Å². The van der Waals surface area contributed by atoms with E-state index in [1.165, 1.54) is 7.11 Å². The van der Waals surface area contributed by atoms with Crippen LogP contribution in [0.2, 0.25) is 0 Å². The Balaban J connectivity index is 3.40. The van der Waals surface area contributed by atoms with Gasteiger partial charge in [-0.25, -0.2) is 14.4 Å². The van der Waals surface area contributed by atoms with E-state index < -0.39 is 11.9 Å². The Kier molecular flexibility index (Phi) is 11.7. The maximum Gasteiger partial charge on any atom is 0.331 e. The Labute approximate surface area is 125 Å². The van der Waals surface area contributed by atoms with Crippen LogP contribution < -0.4 is 10.6 Å². The zero-order valence-electron chi connectivity index (χ0n) is 12.6. The van der Waals surface area contributed by atoms with Crippen molar-refractivity contribution >= 4 is 18.0 Å². The molecule has 0 aromatic rings. The second-order valence-corrected chi connectivity index (χ2v) is 4.22. The van der Waals surface area contributed by atoms with Gasteiger partial charge in [-0.05, 0) is 26.2 Å². The van der Waals surface area contributed by atoms with Crippen molar-refractivity contribution in [3.05, 3.63) is 12.2 Å². The van der Waals surface area contributed by atoms with Gasteiger partial charge in [0.15, 0.2) is 0 Å². The molecule has 0 unspecified atom stereocenters. The van der Waals surface area contributed by atoms with E-state index in [-0.39, 0.29) is 6.03 Å². The molecular formula is C14H24N2O5. The smallest absolute Gasteiger partial charge is 0.331 e. The van der Waals surface area contributed by atoms with Gasteiger partial charge >= 0.3 is 18.0 Å². The zero-order chi connectivity index (χ0) is 15.9. The van der Waals surface area contributed by atoms with Gasteiger partial charge in [-0.15, -0.1) is 0 Å². The molecule has 2 N–H and O–H groups in total. The molecule has 120 valence electrons. The van der Waals surface area contributed by atoms with E-state index in [1.807, 2.05) is 6.92 Å². The van der Waals surface area contributed by atoms with Gasteiger partial charge in [0.25, 0.3) is 0 Å². The van der Waals surface area contributed by atoms with Gasteiger partial charge < -0.3 is 20.1 Å². The summed E-state index contributed by atoms with van der Waals surface area (Å²) >= 11 is 0. The van der Waals surface area contributed by atoms with Crippen molar-refractivity contribution < 1.29 is 23.9 Å².